The molecule has 1 aliphatic heterocycles. The van der Waals surface area contributed by atoms with E-state index in [2.05, 4.69) is 21.3 Å². The number of rotatable bonds is 6. The number of nitrogens with zero attached hydrogens (tertiary/aromatic N) is 2. The summed E-state index contributed by atoms with van der Waals surface area (Å²) in [5, 5.41) is 7.22. The third-order valence-electron chi connectivity index (χ3n) is 4.94. The monoisotopic (exact) mass is 379 g/mol. The summed E-state index contributed by atoms with van der Waals surface area (Å²) in [6, 6.07) is 15.9. The van der Waals surface area contributed by atoms with Gasteiger partial charge in [0.05, 0.1) is 12.6 Å². The van der Waals surface area contributed by atoms with Crippen molar-refractivity contribution in [3.8, 4) is 0 Å². The Balaban J connectivity index is 1.38. The molecule has 3 N–H and O–H groups in total. The normalized spacial score (nSPS) is 18.9. The Morgan fingerprint density at radius 3 is 2.86 bits per heavy atom. The van der Waals surface area contributed by atoms with Crippen LogP contribution >= 0.6 is 0 Å². The van der Waals surface area contributed by atoms with E-state index in [1.165, 1.54) is 12.1 Å². The van der Waals surface area contributed by atoms with Crippen molar-refractivity contribution in [3.63, 3.8) is 0 Å². The second-order valence-corrected chi connectivity index (χ2v) is 6.93. The molecule has 1 fully saturated rings. The third kappa shape index (κ3) is 4.27. The number of aromatic nitrogens is 2. The second kappa shape index (κ2) is 8.33. The summed E-state index contributed by atoms with van der Waals surface area (Å²) >= 11 is 0. The van der Waals surface area contributed by atoms with Crippen LogP contribution < -0.4 is 16.2 Å². The molecule has 144 valence electrons. The van der Waals surface area contributed by atoms with Crippen molar-refractivity contribution in [1.82, 2.24) is 25.9 Å². The number of halogens is 1. The molecule has 4 rings (SSSR count). The molecule has 0 aliphatic carbocycles. The first-order chi connectivity index (χ1) is 13.7. The van der Waals surface area contributed by atoms with Crippen LogP contribution in [0, 0.1) is 11.7 Å². The molecule has 0 saturated carbocycles. The molecule has 2 heterocycles. The molecule has 0 radical (unpaired) electrons. The van der Waals surface area contributed by atoms with Crippen LogP contribution in [0.5, 0.6) is 0 Å². The maximum atomic E-state index is 13.2. The summed E-state index contributed by atoms with van der Waals surface area (Å²) in [6.07, 6.45) is 3.63. The van der Waals surface area contributed by atoms with E-state index in [-0.39, 0.29) is 23.7 Å². The lowest BCUT2D eigenvalue weighted by atomic mass is 9.95. The summed E-state index contributed by atoms with van der Waals surface area (Å²) in [4.78, 5) is 12.6. The average Bonchev–Trinajstić information content (AvgIpc) is 3.39. The van der Waals surface area contributed by atoms with Gasteiger partial charge >= 0.3 is 0 Å². The van der Waals surface area contributed by atoms with Crippen LogP contribution in [-0.2, 0) is 6.54 Å². The average molecular weight is 379 g/mol. The molecular weight excluding hydrogens is 357 g/mol. The highest BCUT2D eigenvalue weighted by atomic mass is 19.1. The van der Waals surface area contributed by atoms with Crippen LogP contribution in [0.1, 0.15) is 27.5 Å². The van der Waals surface area contributed by atoms with Crippen LogP contribution in [0.25, 0.3) is 0 Å². The summed E-state index contributed by atoms with van der Waals surface area (Å²) in [6.45, 7) is 1.86. The van der Waals surface area contributed by atoms with Gasteiger partial charge in [-0.25, -0.2) is 9.82 Å². The van der Waals surface area contributed by atoms with Crippen LogP contribution in [-0.4, -0.2) is 28.8 Å². The maximum absolute atomic E-state index is 13.2. The minimum Gasteiger partial charge on any atom is -0.352 e. The molecule has 1 saturated heterocycles. The van der Waals surface area contributed by atoms with Gasteiger partial charge in [0.1, 0.15) is 5.82 Å². The summed E-state index contributed by atoms with van der Waals surface area (Å²) < 4.78 is 15.0. The molecule has 2 unspecified atom stereocenters. The zero-order chi connectivity index (χ0) is 19.3. The Bertz CT molecular complexity index is 926. The van der Waals surface area contributed by atoms with E-state index in [0.29, 0.717) is 18.7 Å². The molecule has 2 aromatic carbocycles. The van der Waals surface area contributed by atoms with Gasteiger partial charge in [0.25, 0.3) is 5.91 Å². The molecule has 1 aromatic heterocycles. The minimum absolute atomic E-state index is 0.0204. The number of hydrazine groups is 1. The quantitative estimate of drug-likeness (QED) is 0.615. The minimum atomic E-state index is -0.255. The van der Waals surface area contributed by atoms with E-state index in [1.54, 1.807) is 18.3 Å². The van der Waals surface area contributed by atoms with E-state index < -0.39 is 0 Å². The predicted octanol–water partition coefficient (Wildman–Crippen LogP) is 2.27. The van der Waals surface area contributed by atoms with Gasteiger partial charge in [-0.3, -0.25) is 14.9 Å². The first kappa shape index (κ1) is 18.3. The Hall–Kier alpha value is -3.03. The highest BCUT2D eigenvalue weighted by Crippen LogP contribution is 2.24. The van der Waals surface area contributed by atoms with Gasteiger partial charge in [0, 0.05) is 37.0 Å². The molecule has 2 atom stereocenters. The predicted molar refractivity (Wildman–Crippen MR) is 104 cm³/mol. The maximum Gasteiger partial charge on any atom is 0.251 e. The Labute approximate surface area is 162 Å². The van der Waals surface area contributed by atoms with Crippen LogP contribution in [0.2, 0.25) is 0 Å². The zero-order valence-electron chi connectivity index (χ0n) is 15.3. The van der Waals surface area contributed by atoms with Gasteiger partial charge in [-0.1, -0.05) is 24.3 Å². The fourth-order valence-electron chi connectivity index (χ4n) is 3.47. The topological polar surface area (TPSA) is 71.0 Å². The standard InChI is InChI=1S/C21H22FN5O/c22-19-7-5-16(6-8-19)20-18(13-24-26-20)12-23-21(28)17-4-1-3-15(11-17)14-27-10-2-9-25-27/h1-11,18,20,24,26H,12-14H2,(H,23,28). The molecule has 0 spiro atoms. The number of benzene rings is 2. The van der Waals surface area contributed by atoms with Gasteiger partial charge in [-0.05, 0) is 41.5 Å². The Morgan fingerprint density at radius 1 is 1.21 bits per heavy atom. The molecule has 7 heteroatoms. The van der Waals surface area contributed by atoms with Gasteiger partial charge in [-0.15, -0.1) is 0 Å². The molecule has 0 bridgehead atoms. The first-order valence-corrected chi connectivity index (χ1v) is 9.27. The number of hydrogen-bond acceptors (Lipinski definition) is 4. The van der Waals surface area contributed by atoms with Gasteiger partial charge in [0.15, 0.2) is 0 Å². The molecule has 3 aromatic rings. The molecular formula is C21H22FN5O. The number of amides is 1. The highest BCUT2D eigenvalue weighted by Gasteiger charge is 2.28. The molecule has 28 heavy (non-hydrogen) atoms. The lowest BCUT2D eigenvalue weighted by Gasteiger charge is -2.19. The SMILES string of the molecule is O=C(NCC1CNNC1c1ccc(F)cc1)c1cccc(Cn2cccn2)c1. The summed E-state index contributed by atoms with van der Waals surface area (Å²) in [5.74, 6) is -0.191. The van der Waals surface area contributed by atoms with Gasteiger partial charge in [0.2, 0.25) is 0 Å². The van der Waals surface area contributed by atoms with Crippen molar-refractivity contribution < 1.29 is 9.18 Å². The van der Waals surface area contributed by atoms with Crippen LogP contribution in [0.3, 0.4) is 0 Å². The fourth-order valence-corrected chi connectivity index (χ4v) is 3.47. The van der Waals surface area contributed by atoms with Crippen molar-refractivity contribution in [1.29, 1.82) is 0 Å². The molecule has 6 nitrogen and oxygen atoms in total. The smallest absolute Gasteiger partial charge is 0.251 e. The van der Waals surface area contributed by atoms with Crippen molar-refractivity contribution in [2.24, 2.45) is 5.92 Å². The van der Waals surface area contributed by atoms with Gasteiger partial charge in [-0.2, -0.15) is 5.10 Å². The molecule has 1 aliphatic rings. The van der Waals surface area contributed by atoms with E-state index in [9.17, 15) is 9.18 Å². The van der Waals surface area contributed by atoms with Crippen molar-refractivity contribution in [2.75, 3.05) is 13.1 Å². The Morgan fingerprint density at radius 2 is 2.07 bits per heavy atom. The highest BCUT2D eigenvalue weighted by molar-refractivity contribution is 5.94. The van der Waals surface area contributed by atoms with Crippen molar-refractivity contribution in [2.45, 2.75) is 12.6 Å². The van der Waals surface area contributed by atoms with Gasteiger partial charge < -0.3 is 5.32 Å². The third-order valence-corrected chi connectivity index (χ3v) is 4.94. The lowest BCUT2D eigenvalue weighted by Crippen LogP contribution is -2.32. The van der Waals surface area contributed by atoms with Crippen molar-refractivity contribution >= 4 is 5.91 Å². The summed E-state index contributed by atoms with van der Waals surface area (Å²) in [5.41, 5.74) is 8.97. The second-order valence-electron chi connectivity index (χ2n) is 6.93. The van der Waals surface area contributed by atoms with Crippen LogP contribution in [0.15, 0.2) is 67.0 Å². The Kier molecular flexibility index (Phi) is 5.45. The van der Waals surface area contributed by atoms with E-state index >= 15 is 0 Å². The van der Waals surface area contributed by atoms with E-state index in [4.69, 9.17) is 0 Å². The van der Waals surface area contributed by atoms with Crippen molar-refractivity contribution in [3.05, 3.63) is 89.5 Å². The molecule has 1 amide bonds. The number of carbonyl (C=O) groups is 1. The first-order valence-electron chi connectivity index (χ1n) is 9.27. The van der Waals surface area contributed by atoms with E-state index in [0.717, 1.165) is 17.7 Å². The number of hydrogen-bond donors (Lipinski definition) is 3. The number of nitrogens with one attached hydrogen (secondary N) is 3. The lowest BCUT2D eigenvalue weighted by molar-refractivity contribution is 0.0946. The van der Waals surface area contributed by atoms with Crippen LogP contribution in [0.4, 0.5) is 4.39 Å². The zero-order valence-corrected chi connectivity index (χ0v) is 15.3. The van der Waals surface area contributed by atoms with E-state index in [1.807, 2.05) is 41.2 Å². The summed E-state index contributed by atoms with van der Waals surface area (Å²) in [7, 11) is 0. The fraction of sp³-hybridized carbons (Fsp3) is 0.238. The largest absolute Gasteiger partial charge is 0.352 e. The number of carbonyl (C=O) groups excluding carboxylic acids is 1.